The molecule has 0 saturated heterocycles. The van der Waals surface area contributed by atoms with Gasteiger partial charge < -0.3 is 5.73 Å². The van der Waals surface area contributed by atoms with E-state index >= 15 is 0 Å². The number of benzene rings is 2. The van der Waals surface area contributed by atoms with Gasteiger partial charge in [0, 0.05) is 5.39 Å². The van der Waals surface area contributed by atoms with Crippen LogP contribution in [0.1, 0.15) is 24.3 Å². The highest BCUT2D eigenvalue weighted by Gasteiger charge is 2.25. The van der Waals surface area contributed by atoms with Gasteiger partial charge in [0.05, 0.1) is 10.8 Å². The van der Waals surface area contributed by atoms with Gasteiger partial charge in [-0.05, 0) is 48.0 Å². The number of nitrogens with two attached hydrogens (primary N) is 1. The Kier molecular flexibility index (Phi) is 7.45. The lowest BCUT2D eigenvalue weighted by Crippen LogP contribution is -1.89. The quantitative estimate of drug-likeness (QED) is 0.244. The molecule has 1 fully saturated rings. The van der Waals surface area contributed by atoms with Gasteiger partial charge in [-0.15, -0.1) is 0 Å². The van der Waals surface area contributed by atoms with Gasteiger partial charge in [-0.1, -0.05) is 30.3 Å². The molecule has 1 saturated carbocycles. The van der Waals surface area contributed by atoms with Crippen LogP contribution in [-0.4, -0.2) is 22.7 Å². The number of hydrogen-bond donors (Lipinski definition) is 3. The summed E-state index contributed by atoms with van der Waals surface area (Å²) in [5, 5.41) is 12.0. The molecule has 0 unspecified atom stereocenters. The summed E-state index contributed by atoms with van der Waals surface area (Å²) in [6.07, 6.45) is 3.89. The van der Waals surface area contributed by atoms with Crippen molar-refractivity contribution >= 4 is 44.2 Å². The van der Waals surface area contributed by atoms with Gasteiger partial charge in [-0.25, -0.2) is 0 Å². The van der Waals surface area contributed by atoms with Crippen LogP contribution in [0.3, 0.4) is 0 Å². The number of aliphatic imine (C=N–C) groups is 1. The van der Waals surface area contributed by atoms with Crippen molar-refractivity contribution in [2.75, 3.05) is 0 Å². The first-order chi connectivity index (χ1) is 11.3. The van der Waals surface area contributed by atoms with Crippen LogP contribution in [0.5, 0.6) is 0 Å². The van der Waals surface area contributed by atoms with Crippen LogP contribution in [0, 0.1) is 11.5 Å². The van der Waals surface area contributed by atoms with Crippen molar-refractivity contribution in [2.45, 2.75) is 18.8 Å². The van der Waals surface area contributed by atoms with Crippen LogP contribution in [0.4, 0.5) is 5.69 Å². The molecule has 0 radical (unpaired) electrons. The van der Waals surface area contributed by atoms with Crippen LogP contribution in [-0.2, 0) is 10.4 Å². The molecule has 1 aliphatic rings. The molecule has 0 heterocycles. The second kappa shape index (κ2) is 9.08. The molecule has 2 aromatic carbocycles. The molecule has 4 N–H and O–H groups in total. The highest BCUT2D eigenvalue weighted by atomic mass is 32.3. The fraction of sp³-hybridized carbons (Fsp3) is 0.200. The molecule has 0 aliphatic heterocycles. The normalized spacial score (nSPS) is 12.5. The van der Waals surface area contributed by atoms with E-state index in [1.54, 1.807) is 0 Å². The minimum absolute atomic E-state index is 0.760. The van der Waals surface area contributed by atoms with Gasteiger partial charge in [-0.2, -0.15) is 18.7 Å². The lowest BCUT2D eigenvalue weighted by Gasteiger charge is -2.06. The number of isothiocyanates is 1. The average Bonchev–Trinajstić information content (AvgIpc) is 3.32. The molecule has 7 nitrogen and oxygen atoms in total. The number of nitriles is 1. The van der Waals surface area contributed by atoms with Gasteiger partial charge in [0.25, 0.3) is 0 Å². The predicted molar refractivity (Wildman–Crippen MR) is 94.6 cm³/mol. The molecule has 1 aliphatic carbocycles. The van der Waals surface area contributed by atoms with Gasteiger partial charge in [-0.3, -0.25) is 9.11 Å². The minimum atomic E-state index is -4.67. The highest BCUT2D eigenvalue weighted by molar-refractivity contribution is 7.79. The zero-order valence-corrected chi connectivity index (χ0v) is 14.1. The fourth-order valence-electron chi connectivity index (χ4n) is 2.20. The van der Waals surface area contributed by atoms with E-state index < -0.39 is 10.4 Å². The molecule has 0 spiro atoms. The van der Waals surface area contributed by atoms with E-state index in [2.05, 4.69) is 58.4 Å². The van der Waals surface area contributed by atoms with Crippen molar-refractivity contribution in [2.24, 2.45) is 10.7 Å². The molecule has 0 amide bonds. The first kappa shape index (κ1) is 19.7. The lowest BCUT2D eigenvalue weighted by atomic mass is 10.00. The van der Waals surface area contributed by atoms with E-state index in [1.165, 1.54) is 35.4 Å². The molecule has 0 aromatic heterocycles. The number of thiocarbonyl (C=S) groups is 1. The largest absolute Gasteiger partial charge is 0.394 e. The zero-order chi connectivity index (χ0) is 18.2. The van der Waals surface area contributed by atoms with Crippen molar-refractivity contribution in [3.63, 3.8) is 0 Å². The molecule has 0 atom stereocenters. The maximum Gasteiger partial charge on any atom is 0.394 e. The Labute approximate surface area is 145 Å². The molecule has 9 heteroatoms. The maximum atomic E-state index is 8.74. The van der Waals surface area contributed by atoms with E-state index in [-0.39, 0.29) is 0 Å². The Morgan fingerprint density at radius 2 is 1.67 bits per heavy atom. The van der Waals surface area contributed by atoms with Crippen molar-refractivity contribution in [1.29, 1.82) is 5.26 Å². The van der Waals surface area contributed by atoms with Crippen LogP contribution in [0.2, 0.25) is 0 Å². The summed E-state index contributed by atoms with van der Waals surface area (Å²) in [5.74, 6) is 0.760. The summed E-state index contributed by atoms with van der Waals surface area (Å²) in [5.41, 5.74) is 6.54. The molecule has 126 valence electrons. The van der Waals surface area contributed by atoms with Gasteiger partial charge >= 0.3 is 10.4 Å². The van der Waals surface area contributed by atoms with E-state index in [0.29, 0.717) is 0 Å². The van der Waals surface area contributed by atoms with Crippen molar-refractivity contribution in [3.8, 4) is 6.19 Å². The molecule has 24 heavy (non-hydrogen) atoms. The highest BCUT2D eigenvalue weighted by Crippen LogP contribution is 2.44. The third-order valence-electron chi connectivity index (χ3n) is 3.12. The molecule has 0 bridgehead atoms. The first-order valence-corrected chi connectivity index (χ1v) is 8.51. The number of rotatable bonds is 2. The van der Waals surface area contributed by atoms with Crippen LogP contribution < -0.4 is 5.73 Å². The van der Waals surface area contributed by atoms with Gasteiger partial charge in [0.1, 0.15) is 0 Å². The Hall–Kier alpha value is -2.34. The zero-order valence-electron chi connectivity index (χ0n) is 12.5. The third-order valence-corrected chi connectivity index (χ3v) is 3.21. The SMILES string of the molecule is N#CN.O=S(=O)(O)O.S=C=Nc1ccc(C2CC2)c2ccccc12. The van der Waals surface area contributed by atoms with Crippen LogP contribution in [0.25, 0.3) is 10.8 Å². The van der Waals surface area contributed by atoms with Crippen LogP contribution in [0.15, 0.2) is 41.4 Å². The van der Waals surface area contributed by atoms with E-state index in [9.17, 15) is 0 Å². The predicted octanol–water partition coefficient (Wildman–Crippen LogP) is 3.22. The molecular weight excluding hydrogens is 350 g/mol. The lowest BCUT2D eigenvalue weighted by molar-refractivity contribution is 0.381. The second-order valence-corrected chi connectivity index (χ2v) is 5.85. The van der Waals surface area contributed by atoms with Crippen molar-refractivity contribution in [1.82, 2.24) is 0 Å². The summed E-state index contributed by atoms with van der Waals surface area (Å²) in [7, 11) is -4.67. The number of hydrogen-bond acceptors (Lipinski definition) is 6. The van der Waals surface area contributed by atoms with E-state index in [1.807, 2.05) is 6.07 Å². The number of nitrogens with zero attached hydrogens (tertiary/aromatic N) is 2. The van der Waals surface area contributed by atoms with Crippen molar-refractivity contribution < 1.29 is 17.5 Å². The van der Waals surface area contributed by atoms with Crippen LogP contribution >= 0.6 is 12.2 Å². The summed E-state index contributed by atoms with van der Waals surface area (Å²) in [4.78, 5) is 4.12. The van der Waals surface area contributed by atoms with E-state index in [0.717, 1.165) is 11.6 Å². The summed E-state index contributed by atoms with van der Waals surface area (Å²) in [6, 6.07) is 12.6. The Balaban J connectivity index is 0.000000307. The van der Waals surface area contributed by atoms with Gasteiger partial charge in [0.15, 0.2) is 6.19 Å². The van der Waals surface area contributed by atoms with E-state index in [4.69, 9.17) is 22.8 Å². The maximum absolute atomic E-state index is 8.74. The summed E-state index contributed by atoms with van der Waals surface area (Å²) < 4.78 is 31.6. The smallest absolute Gasteiger partial charge is 0.337 e. The average molecular weight is 365 g/mol. The Morgan fingerprint density at radius 1 is 1.17 bits per heavy atom. The molecule has 2 aromatic rings. The number of fused-ring (bicyclic) bond motifs is 1. The second-order valence-electron chi connectivity index (χ2n) is 4.77. The molecular formula is C15H15N3O4S2. The molecule has 3 rings (SSSR count). The minimum Gasteiger partial charge on any atom is -0.337 e. The Morgan fingerprint density at radius 3 is 2.12 bits per heavy atom. The Bertz CT molecular complexity index is 889. The monoisotopic (exact) mass is 365 g/mol. The third kappa shape index (κ3) is 6.83. The van der Waals surface area contributed by atoms with Crippen molar-refractivity contribution in [3.05, 3.63) is 42.0 Å². The summed E-state index contributed by atoms with van der Waals surface area (Å²) in [6.45, 7) is 0. The fourth-order valence-corrected chi connectivity index (χ4v) is 2.30. The first-order valence-electron chi connectivity index (χ1n) is 6.71. The van der Waals surface area contributed by atoms with Gasteiger partial charge in [0.2, 0.25) is 0 Å². The topological polar surface area (TPSA) is 137 Å². The summed E-state index contributed by atoms with van der Waals surface area (Å²) >= 11 is 4.68. The standard InChI is InChI=1S/C14H11NS.CH2N2.H2O4S/c16-9-15-14-8-7-11(10-5-6-10)12-3-1-2-4-13(12)14;2-1-3;1-5(2,3)4/h1-4,7-8,10H,5-6H2;2H2;(H2,1,2,3,4).